The van der Waals surface area contributed by atoms with Crippen LogP contribution >= 0.6 is 0 Å². The quantitative estimate of drug-likeness (QED) is 0.592. The van der Waals surface area contributed by atoms with Crippen LogP contribution in [0.25, 0.3) is 0 Å². The van der Waals surface area contributed by atoms with Crippen molar-refractivity contribution in [2.24, 2.45) is 5.73 Å². The zero-order valence-corrected chi connectivity index (χ0v) is 10.3. The second kappa shape index (κ2) is 5.90. The minimum absolute atomic E-state index is 0.102. The Morgan fingerprint density at radius 2 is 2.06 bits per heavy atom. The van der Waals surface area contributed by atoms with Gasteiger partial charge < -0.3 is 20.9 Å². The second-order valence-electron chi connectivity index (χ2n) is 3.60. The Bertz CT molecular complexity index is 459. The molecular weight excluding hydrogens is 236 g/mol. The van der Waals surface area contributed by atoms with Crippen LogP contribution in [0.5, 0.6) is 5.75 Å². The molecule has 0 radical (unpaired) electrons. The maximum atomic E-state index is 11.4. The monoisotopic (exact) mass is 252 g/mol. The third kappa shape index (κ3) is 3.13. The molecule has 1 rings (SSSR count). The number of hydrogen-bond donors (Lipinski definition) is 2. The summed E-state index contributed by atoms with van der Waals surface area (Å²) in [4.78, 5) is 22.7. The zero-order chi connectivity index (χ0) is 13.7. The highest BCUT2D eigenvalue weighted by Gasteiger charge is 2.20. The number of anilines is 1. The number of ether oxygens (including phenoxy) is 2. The number of carbonyl (C=O) groups excluding carboxylic acids is 2. The third-order valence-electron chi connectivity index (χ3n) is 2.22. The number of primary amides is 1. The van der Waals surface area contributed by atoms with Crippen LogP contribution in [0.2, 0.25) is 0 Å². The van der Waals surface area contributed by atoms with E-state index in [1.54, 1.807) is 19.1 Å². The van der Waals surface area contributed by atoms with Gasteiger partial charge in [-0.25, -0.2) is 4.79 Å². The normalized spacial score (nSPS) is 11.7. The van der Waals surface area contributed by atoms with Gasteiger partial charge in [-0.05, 0) is 26.0 Å². The summed E-state index contributed by atoms with van der Waals surface area (Å²) >= 11 is 0. The number of rotatable bonds is 5. The van der Waals surface area contributed by atoms with E-state index in [4.69, 9.17) is 20.9 Å². The molecule has 0 spiro atoms. The van der Waals surface area contributed by atoms with Gasteiger partial charge >= 0.3 is 5.97 Å². The van der Waals surface area contributed by atoms with Gasteiger partial charge in [0.1, 0.15) is 0 Å². The number of esters is 1. The van der Waals surface area contributed by atoms with Crippen molar-refractivity contribution in [3.05, 3.63) is 23.8 Å². The summed E-state index contributed by atoms with van der Waals surface area (Å²) in [5.41, 5.74) is 11.3. The van der Waals surface area contributed by atoms with Gasteiger partial charge in [-0.1, -0.05) is 6.07 Å². The van der Waals surface area contributed by atoms with Gasteiger partial charge in [0.25, 0.3) is 5.91 Å². The Morgan fingerprint density at radius 1 is 1.39 bits per heavy atom. The lowest BCUT2D eigenvalue weighted by Gasteiger charge is -2.16. The minimum atomic E-state index is -0.868. The number of nitrogens with two attached hydrogens (primary N) is 2. The van der Waals surface area contributed by atoms with Gasteiger partial charge in [-0.15, -0.1) is 0 Å². The lowest BCUT2D eigenvalue weighted by atomic mass is 10.1. The molecule has 1 amide bonds. The fourth-order valence-corrected chi connectivity index (χ4v) is 1.36. The van der Waals surface area contributed by atoms with Crippen molar-refractivity contribution < 1.29 is 19.1 Å². The Morgan fingerprint density at radius 3 is 2.61 bits per heavy atom. The van der Waals surface area contributed by atoms with Crippen LogP contribution in [0.4, 0.5) is 5.69 Å². The first-order valence-corrected chi connectivity index (χ1v) is 5.49. The first kappa shape index (κ1) is 13.8. The third-order valence-corrected chi connectivity index (χ3v) is 2.22. The molecule has 1 aromatic carbocycles. The first-order chi connectivity index (χ1) is 8.47. The highest BCUT2D eigenvalue weighted by atomic mass is 16.6. The lowest BCUT2D eigenvalue weighted by molar-refractivity contribution is -0.150. The number of carbonyl (C=O) groups is 2. The van der Waals surface area contributed by atoms with E-state index in [2.05, 4.69) is 0 Å². The smallest absolute Gasteiger partial charge is 0.347 e. The molecule has 0 aromatic heterocycles. The molecule has 98 valence electrons. The highest BCUT2D eigenvalue weighted by Crippen LogP contribution is 2.27. The minimum Gasteiger partial charge on any atom is -0.476 e. The molecule has 0 aliphatic carbocycles. The fourth-order valence-electron chi connectivity index (χ4n) is 1.36. The van der Waals surface area contributed by atoms with Crippen molar-refractivity contribution >= 4 is 17.6 Å². The van der Waals surface area contributed by atoms with Crippen LogP contribution in [0.3, 0.4) is 0 Å². The topological polar surface area (TPSA) is 105 Å². The van der Waals surface area contributed by atoms with E-state index >= 15 is 0 Å². The molecular formula is C12H16N2O4. The largest absolute Gasteiger partial charge is 0.476 e. The van der Waals surface area contributed by atoms with E-state index in [1.807, 2.05) is 0 Å². The maximum Gasteiger partial charge on any atom is 0.347 e. The van der Waals surface area contributed by atoms with Crippen molar-refractivity contribution in [2.75, 3.05) is 12.3 Å². The molecule has 0 aliphatic rings. The molecule has 1 atom stereocenters. The van der Waals surface area contributed by atoms with Gasteiger partial charge in [0.15, 0.2) is 11.9 Å². The number of amides is 1. The molecule has 4 N–H and O–H groups in total. The predicted molar refractivity (Wildman–Crippen MR) is 66.1 cm³/mol. The molecule has 0 fully saturated rings. The SMILES string of the molecule is CCOC(=O)C(C)Oc1c(N)cccc1C(N)=O. The van der Waals surface area contributed by atoms with Crippen LogP contribution < -0.4 is 16.2 Å². The van der Waals surface area contributed by atoms with Crippen molar-refractivity contribution in [2.45, 2.75) is 20.0 Å². The van der Waals surface area contributed by atoms with Gasteiger partial charge in [-0.2, -0.15) is 0 Å². The van der Waals surface area contributed by atoms with Crippen LogP contribution in [0.1, 0.15) is 24.2 Å². The van der Waals surface area contributed by atoms with Crippen LogP contribution in [-0.4, -0.2) is 24.6 Å². The average Bonchev–Trinajstić information content (AvgIpc) is 2.31. The van der Waals surface area contributed by atoms with Crippen LogP contribution in [-0.2, 0) is 9.53 Å². The first-order valence-electron chi connectivity index (χ1n) is 5.49. The summed E-state index contributed by atoms with van der Waals surface area (Å²) in [6.07, 6.45) is -0.868. The molecule has 6 nitrogen and oxygen atoms in total. The summed E-state index contributed by atoms with van der Waals surface area (Å²) < 4.78 is 10.1. The van der Waals surface area contributed by atoms with Crippen molar-refractivity contribution in [3.8, 4) is 5.75 Å². The van der Waals surface area contributed by atoms with E-state index < -0.39 is 18.0 Å². The van der Waals surface area contributed by atoms with Gasteiger partial charge in [0, 0.05) is 0 Å². The lowest BCUT2D eigenvalue weighted by Crippen LogP contribution is -2.27. The number of para-hydroxylation sites is 1. The number of nitrogen functional groups attached to an aromatic ring is 1. The second-order valence-corrected chi connectivity index (χ2v) is 3.60. The van der Waals surface area contributed by atoms with Crippen LogP contribution in [0, 0.1) is 0 Å². The molecule has 0 heterocycles. The summed E-state index contributed by atoms with van der Waals surface area (Å²) in [6, 6.07) is 4.61. The fraction of sp³-hybridized carbons (Fsp3) is 0.333. The van der Waals surface area contributed by atoms with E-state index in [0.717, 1.165) is 0 Å². The number of benzene rings is 1. The number of hydrogen-bond acceptors (Lipinski definition) is 5. The molecule has 0 saturated heterocycles. The van der Waals surface area contributed by atoms with Crippen molar-refractivity contribution in [1.29, 1.82) is 0 Å². The molecule has 1 unspecified atom stereocenters. The van der Waals surface area contributed by atoms with Crippen molar-refractivity contribution in [3.63, 3.8) is 0 Å². The molecule has 0 saturated carbocycles. The summed E-state index contributed by atoms with van der Waals surface area (Å²) in [7, 11) is 0. The predicted octanol–water partition coefficient (Wildman–Crippen LogP) is 0.698. The average molecular weight is 252 g/mol. The van der Waals surface area contributed by atoms with Gasteiger partial charge in [0.05, 0.1) is 17.9 Å². The van der Waals surface area contributed by atoms with E-state index in [-0.39, 0.29) is 23.6 Å². The molecule has 0 bridgehead atoms. The van der Waals surface area contributed by atoms with Crippen molar-refractivity contribution in [1.82, 2.24) is 0 Å². The molecule has 0 aliphatic heterocycles. The van der Waals surface area contributed by atoms with E-state index in [1.165, 1.54) is 13.0 Å². The zero-order valence-electron chi connectivity index (χ0n) is 10.3. The standard InChI is InChI=1S/C12H16N2O4/c1-3-17-12(16)7(2)18-10-8(11(14)15)5-4-6-9(10)13/h4-7H,3,13H2,1-2H3,(H2,14,15). The van der Waals surface area contributed by atoms with E-state index in [0.29, 0.717) is 0 Å². The highest BCUT2D eigenvalue weighted by molar-refractivity contribution is 5.97. The molecule has 6 heteroatoms. The Hall–Kier alpha value is -2.24. The Labute approximate surface area is 105 Å². The van der Waals surface area contributed by atoms with Gasteiger partial charge in [0.2, 0.25) is 0 Å². The Balaban J connectivity index is 2.96. The summed E-state index contributed by atoms with van der Waals surface area (Å²) in [5, 5.41) is 0. The van der Waals surface area contributed by atoms with Crippen LogP contribution in [0.15, 0.2) is 18.2 Å². The molecule has 18 heavy (non-hydrogen) atoms. The van der Waals surface area contributed by atoms with E-state index in [9.17, 15) is 9.59 Å². The maximum absolute atomic E-state index is 11.4. The summed E-state index contributed by atoms with van der Waals surface area (Å²) in [5.74, 6) is -1.10. The summed E-state index contributed by atoms with van der Waals surface area (Å²) in [6.45, 7) is 3.45. The van der Waals surface area contributed by atoms with Gasteiger partial charge in [-0.3, -0.25) is 4.79 Å². The molecule has 1 aromatic rings. The Kier molecular flexibility index (Phi) is 4.53.